The van der Waals surface area contributed by atoms with E-state index >= 15 is 0 Å². The van der Waals surface area contributed by atoms with Gasteiger partial charge in [-0.05, 0) is 19.8 Å². The largest absolute Gasteiger partial charge is 0.481 e. The van der Waals surface area contributed by atoms with Crippen molar-refractivity contribution >= 4 is 11.9 Å². The van der Waals surface area contributed by atoms with Gasteiger partial charge in [0.15, 0.2) is 0 Å². The Morgan fingerprint density at radius 1 is 1.21 bits per heavy atom. The Hall–Kier alpha value is -1.06. The molecule has 0 heterocycles. The normalized spacial score (nSPS) is 14.9. The maximum Gasteiger partial charge on any atom is 0.306 e. The molecule has 82 valence electrons. The maximum atomic E-state index is 11.2. The molecule has 0 aromatic rings. The standard InChI is InChI=1S/C10H18O4/c1-6(2)14-9(11)5-7(3)8(4)10(12)13/h6-8H,5H2,1-4H3,(H,12,13). The molecule has 4 nitrogen and oxygen atoms in total. The molecule has 0 aliphatic heterocycles. The second-order valence-corrected chi connectivity index (χ2v) is 3.85. The van der Waals surface area contributed by atoms with Crippen molar-refractivity contribution in [2.24, 2.45) is 11.8 Å². The number of hydrogen-bond donors (Lipinski definition) is 1. The van der Waals surface area contributed by atoms with Gasteiger partial charge in [0, 0.05) is 6.42 Å². The first-order valence-corrected chi connectivity index (χ1v) is 4.76. The smallest absolute Gasteiger partial charge is 0.306 e. The first-order chi connectivity index (χ1) is 6.34. The molecule has 14 heavy (non-hydrogen) atoms. The highest BCUT2D eigenvalue weighted by atomic mass is 16.5. The molecular formula is C10H18O4. The first kappa shape index (κ1) is 12.9. The Kier molecular flexibility index (Phi) is 5.20. The Labute approximate surface area is 84.3 Å². The van der Waals surface area contributed by atoms with Crippen molar-refractivity contribution in [3.05, 3.63) is 0 Å². The molecule has 4 heteroatoms. The summed E-state index contributed by atoms with van der Waals surface area (Å²) in [5.41, 5.74) is 0. The third-order valence-corrected chi connectivity index (χ3v) is 2.10. The number of esters is 1. The molecule has 0 rings (SSSR count). The lowest BCUT2D eigenvalue weighted by atomic mass is 9.93. The van der Waals surface area contributed by atoms with E-state index in [0.717, 1.165) is 0 Å². The third-order valence-electron chi connectivity index (χ3n) is 2.10. The summed E-state index contributed by atoms with van der Waals surface area (Å²) in [6, 6.07) is 0. The summed E-state index contributed by atoms with van der Waals surface area (Å²) < 4.78 is 4.92. The van der Waals surface area contributed by atoms with Gasteiger partial charge in [0.25, 0.3) is 0 Å². The van der Waals surface area contributed by atoms with E-state index in [1.165, 1.54) is 0 Å². The zero-order valence-corrected chi connectivity index (χ0v) is 9.11. The van der Waals surface area contributed by atoms with Crippen molar-refractivity contribution in [1.29, 1.82) is 0 Å². The third kappa shape index (κ3) is 4.84. The van der Waals surface area contributed by atoms with Gasteiger partial charge >= 0.3 is 11.9 Å². The van der Waals surface area contributed by atoms with Gasteiger partial charge < -0.3 is 9.84 Å². The minimum atomic E-state index is -0.880. The lowest BCUT2D eigenvalue weighted by molar-refractivity contribution is -0.150. The van der Waals surface area contributed by atoms with E-state index in [1.807, 2.05) is 0 Å². The second-order valence-electron chi connectivity index (χ2n) is 3.85. The number of carboxylic acids is 1. The average Bonchev–Trinajstić information content (AvgIpc) is 2.00. The van der Waals surface area contributed by atoms with Crippen LogP contribution in [0.25, 0.3) is 0 Å². The highest BCUT2D eigenvalue weighted by Crippen LogP contribution is 2.16. The van der Waals surface area contributed by atoms with Crippen LogP contribution in [-0.2, 0) is 14.3 Å². The van der Waals surface area contributed by atoms with Crippen LogP contribution in [0.4, 0.5) is 0 Å². The zero-order valence-electron chi connectivity index (χ0n) is 9.11. The Balaban J connectivity index is 3.99. The number of ether oxygens (including phenoxy) is 1. The number of hydrogen-bond acceptors (Lipinski definition) is 3. The molecule has 2 atom stereocenters. The minimum absolute atomic E-state index is 0.144. The summed E-state index contributed by atoms with van der Waals surface area (Å²) in [6.45, 7) is 6.86. The van der Waals surface area contributed by atoms with Crippen molar-refractivity contribution in [1.82, 2.24) is 0 Å². The van der Waals surface area contributed by atoms with Gasteiger partial charge in [0.05, 0.1) is 12.0 Å². The monoisotopic (exact) mass is 202 g/mol. The van der Waals surface area contributed by atoms with Crippen LogP contribution in [0.3, 0.4) is 0 Å². The average molecular weight is 202 g/mol. The second kappa shape index (κ2) is 5.62. The van der Waals surface area contributed by atoms with E-state index in [-0.39, 0.29) is 24.4 Å². The van der Waals surface area contributed by atoms with Gasteiger partial charge in [-0.15, -0.1) is 0 Å². The molecule has 0 fully saturated rings. The summed E-state index contributed by atoms with van der Waals surface area (Å²) in [5, 5.41) is 8.70. The maximum absolute atomic E-state index is 11.2. The van der Waals surface area contributed by atoms with Crippen LogP contribution in [0.5, 0.6) is 0 Å². The van der Waals surface area contributed by atoms with E-state index in [0.29, 0.717) is 0 Å². The van der Waals surface area contributed by atoms with Crippen LogP contribution in [0.1, 0.15) is 34.1 Å². The molecule has 0 amide bonds. The van der Waals surface area contributed by atoms with Crippen molar-refractivity contribution in [2.45, 2.75) is 40.2 Å². The molecule has 0 spiro atoms. The highest BCUT2D eigenvalue weighted by molar-refractivity contribution is 5.73. The van der Waals surface area contributed by atoms with Gasteiger partial charge in [-0.2, -0.15) is 0 Å². The van der Waals surface area contributed by atoms with E-state index in [9.17, 15) is 9.59 Å². The number of carboxylic acid groups (broad SMARTS) is 1. The number of rotatable bonds is 5. The highest BCUT2D eigenvalue weighted by Gasteiger charge is 2.22. The summed E-state index contributed by atoms with van der Waals surface area (Å²) in [7, 11) is 0. The molecule has 0 aliphatic rings. The molecule has 0 bridgehead atoms. The number of carbonyl (C=O) groups is 2. The predicted octanol–water partition coefficient (Wildman–Crippen LogP) is 1.68. The van der Waals surface area contributed by atoms with E-state index < -0.39 is 11.9 Å². The molecule has 0 aromatic carbocycles. The van der Waals surface area contributed by atoms with Crippen LogP contribution in [-0.4, -0.2) is 23.1 Å². The molecular weight excluding hydrogens is 184 g/mol. The SMILES string of the molecule is CC(C)OC(=O)CC(C)C(C)C(=O)O. The Bertz CT molecular complexity index is 210. The first-order valence-electron chi connectivity index (χ1n) is 4.76. The topological polar surface area (TPSA) is 63.6 Å². The van der Waals surface area contributed by atoms with Crippen LogP contribution >= 0.6 is 0 Å². The van der Waals surface area contributed by atoms with Gasteiger partial charge in [-0.25, -0.2) is 0 Å². The van der Waals surface area contributed by atoms with E-state index in [1.54, 1.807) is 27.7 Å². The van der Waals surface area contributed by atoms with Crippen LogP contribution in [0.2, 0.25) is 0 Å². The van der Waals surface area contributed by atoms with E-state index in [2.05, 4.69) is 0 Å². The van der Waals surface area contributed by atoms with Crippen LogP contribution in [0.15, 0.2) is 0 Å². The Morgan fingerprint density at radius 3 is 2.07 bits per heavy atom. The van der Waals surface area contributed by atoms with Crippen LogP contribution < -0.4 is 0 Å². The molecule has 0 aliphatic carbocycles. The molecule has 1 N–H and O–H groups in total. The van der Waals surface area contributed by atoms with Crippen molar-refractivity contribution in [3.8, 4) is 0 Å². The fourth-order valence-corrected chi connectivity index (χ4v) is 0.994. The zero-order chi connectivity index (χ0) is 11.3. The van der Waals surface area contributed by atoms with Crippen molar-refractivity contribution < 1.29 is 19.4 Å². The van der Waals surface area contributed by atoms with Gasteiger partial charge in [-0.3, -0.25) is 9.59 Å². The summed E-state index contributed by atoms with van der Waals surface area (Å²) in [5.74, 6) is -1.93. The van der Waals surface area contributed by atoms with Gasteiger partial charge in [0.2, 0.25) is 0 Å². The molecule has 0 saturated heterocycles. The van der Waals surface area contributed by atoms with Crippen molar-refractivity contribution in [3.63, 3.8) is 0 Å². The summed E-state index contributed by atoms with van der Waals surface area (Å²) in [6.07, 6.45) is 0.0147. The minimum Gasteiger partial charge on any atom is -0.481 e. The van der Waals surface area contributed by atoms with E-state index in [4.69, 9.17) is 9.84 Å². The lowest BCUT2D eigenvalue weighted by Crippen LogP contribution is -2.22. The fourth-order valence-electron chi connectivity index (χ4n) is 0.994. The van der Waals surface area contributed by atoms with Gasteiger partial charge in [-0.1, -0.05) is 13.8 Å². The van der Waals surface area contributed by atoms with Gasteiger partial charge in [0.1, 0.15) is 0 Å². The molecule has 0 saturated carbocycles. The lowest BCUT2D eigenvalue weighted by Gasteiger charge is -2.15. The van der Waals surface area contributed by atoms with Crippen molar-refractivity contribution in [2.75, 3.05) is 0 Å². The summed E-state index contributed by atoms with van der Waals surface area (Å²) in [4.78, 5) is 21.8. The predicted molar refractivity (Wildman–Crippen MR) is 51.8 cm³/mol. The van der Waals surface area contributed by atoms with Crippen LogP contribution in [0, 0.1) is 11.8 Å². The number of aliphatic carboxylic acids is 1. The molecule has 2 unspecified atom stereocenters. The Morgan fingerprint density at radius 2 is 1.71 bits per heavy atom. The molecule has 0 radical (unpaired) electrons. The molecule has 0 aromatic heterocycles. The quantitative estimate of drug-likeness (QED) is 0.689. The fraction of sp³-hybridized carbons (Fsp3) is 0.800. The number of carbonyl (C=O) groups excluding carboxylic acids is 1. The summed E-state index contributed by atoms with van der Waals surface area (Å²) >= 11 is 0.